The van der Waals surface area contributed by atoms with Gasteiger partial charge in [0, 0.05) is 15.3 Å². The van der Waals surface area contributed by atoms with Gasteiger partial charge in [0.2, 0.25) is 0 Å². The Labute approximate surface area is 156 Å². The van der Waals surface area contributed by atoms with Gasteiger partial charge in [0.1, 0.15) is 0 Å². The van der Waals surface area contributed by atoms with E-state index in [-0.39, 0.29) is 37.6 Å². The lowest BCUT2D eigenvalue weighted by Gasteiger charge is -2.22. The quantitative estimate of drug-likeness (QED) is 0.632. The molecule has 0 unspecified atom stereocenters. The highest BCUT2D eigenvalue weighted by atomic mass is 79.9. The van der Waals surface area contributed by atoms with Crippen LogP contribution in [0.15, 0.2) is 22.7 Å². The van der Waals surface area contributed by atoms with E-state index in [9.17, 15) is 19.8 Å². The van der Waals surface area contributed by atoms with Crippen molar-refractivity contribution in [1.29, 1.82) is 0 Å². The summed E-state index contributed by atoms with van der Waals surface area (Å²) in [5.74, 6) is -1.33. The second-order valence-electron chi connectivity index (χ2n) is 7.49. The number of hydrogen-bond acceptors (Lipinski definition) is 6. The minimum Gasteiger partial charge on any atom is -0.461 e. The van der Waals surface area contributed by atoms with Gasteiger partial charge in [0.05, 0.1) is 37.6 Å². The van der Waals surface area contributed by atoms with Crippen LogP contribution in [0.2, 0.25) is 0 Å². The Hall–Kier alpha value is -1.44. The number of carbonyl (C=O) groups is 2. The van der Waals surface area contributed by atoms with Crippen LogP contribution in [0.3, 0.4) is 0 Å². The van der Waals surface area contributed by atoms with E-state index in [0.29, 0.717) is 4.47 Å². The molecule has 6 nitrogen and oxygen atoms in total. The number of carbonyl (C=O) groups excluding carboxylic acids is 2. The largest absolute Gasteiger partial charge is 0.461 e. The van der Waals surface area contributed by atoms with Gasteiger partial charge in [0.25, 0.3) is 0 Å². The molecule has 0 radical (unpaired) electrons. The number of halogens is 1. The topological polar surface area (TPSA) is 93.1 Å². The molecule has 1 rings (SSSR count). The SMILES string of the molecule is CC(C)(CO)COC(=O)c1ccc(Br)cc1C(=O)OCC(C)(C)CO. The fourth-order valence-electron chi connectivity index (χ4n) is 1.63. The van der Waals surface area contributed by atoms with E-state index >= 15 is 0 Å². The summed E-state index contributed by atoms with van der Waals surface area (Å²) in [4.78, 5) is 24.7. The molecule has 2 N–H and O–H groups in total. The predicted molar refractivity (Wildman–Crippen MR) is 96.4 cm³/mol. The highest BCUT2D eigenvalue weighted by molar-refractivity contribution is 9.10. The lowest BCUT2D eigenvalue weighted by atomic mass is 9.96. The lowest BCUT2D eigenvalue weighted by molar-refractivity contribution is 0.0179. The second kappa shape index (κ2) is 8.78. The average molecular weight is 417 g/mol. The molecule has 1 aromatic carbocycles. The first kappa shape index (κ1) is 21.6. The molecule has 0 bridgehead atoms. The van der Waals surface area contributed by atoms with Crippen LogP contribution in [0.5, 0.6) is 0 Å². The number of esters is 2. The van der Waals surface area contributed by atoms with Crippen LogP contribution in [0.4, 0.5) is 0 Å². The Morgan fingerprint density at radius 3 is 1.80 bits per heavy atom. The summed E-state index contributed by atoms with van der Waals surface area (Å²) in [6.07, 6.45) is 0. The van der Waals surface area contributed by atoms with E-state index < -0.39 is 22.8 Å². The van der Waals surface area contributed by atoms with Crippen molar-refractivity contribution in [1.82, 2.24) is 0 Å². The van der Waals surface area contributed by atoms with Crippen molar-refractivity contribution in [2.75, 3.05) is 26.4 Å². The maximum Gasteiger partial charge on any atom is 0.339 e. The van der Waals surface area contributed by atoms with Crippen LogP contribution in [0.25, 0.3) is 0 Å². The lowest BCUT2D eigenvalue weighted by Crippen LogP contribution is -2.27. The number of aliphatic hydroxyl groups excluding tert-OH is 2. The fourth-order valence-corrected chi connectivity index (χ4v) is 1.99. The number of rotatable bonds is 8. The van der Waals surface area contributed by atoms with Gasteiger partial charge in [-0.2, -0.15) is 0 Å². The third kappa shape index (κ3) is 6.76. The van der Waals surface area contributed by atoms with Crippen molar-refractivity contribution in [3.8, 4) is 0 Å². The van der Waals surface area contributed by atoms with Gasteiger partial charge in [-0.15, -0.1) is 0 Å². The number of hydrogen-bond donors (Lipinski definition) is 2. The van der Waals surface area contributed by atoms with E-state index in [1.165, 1.54) is 12.1 Å². The van der Waals surface area contributed by atoms with Gasteiger partial charge in [-0.05, 0) is 18.2 Å². The van der Waals surface area contributed by atoms with Gasteiger partial charge in [0.15, 0.2) is 0 Å². The standard InChI is InChI=1S/C18H25BrO6/c1-17(2,8-20)10-24-15(22)13-6-5-12(19)7-14(13)16(23)25-11-18(3,4)9-21/h5-7,20-21H,8-11H2,1-4H3. The van der Waals surface area contributed by atoms with Crippen LogP contribution in [-0.4, -0.2) is 48.6 Å². The first-order valence-electron chi connectivity index (χ1n) is 7.87. The monoisotopic (exact) mass is 416 g/mol. The van der Waals surface area contributed by atoms with E-state index in [1.54, 1.807) is 33.8 Å². The molecule has 0 atom stereocenters. The van der Waals surface area contributed by atoms with Gasteiger partial charge in [-0.25, -0.2) is 9.59 Å². The first-order valence-corrected chi connectivity index (χ1v) is 8.66. The molecule has 1 aromatic rings. The zero-order chi connectivity index (χ0) is 19.3. The molecular formula is C18H25BrO6. The average Bonchev–Trinajstić information content (AvgIpc) is 2.57. The zero-order valence-electron chi connectivity index (χ0n) is 15.0. The number of benzene rings is 1. The van der Waals surface area contributed by atoms with Gasteiger partial charge in [-0.1, -0.05) is 43.6 Å². The Bertz CT molecular complexity index is 624. The molecule has 7 heteroatoms. The third-order valence-corrected chi connectivity index (χ3v) is 3.96. The minimum atomic E-state index is -0.670. The van der Waals surface area contributed by atoms with Crippen molar-refractivity contribution < 1.29 is 29.3 Å². The van der Waals surface area contributed by atoms with E-state index in [2.05, 4.69) is 15.9 Å². The minimum absolute atomic E-state index is 0.0148. The summed E-state index contributed by atoms with van der Waals surface area (Å²) in [5.41, 5.74) is -0.983. The molecule has 0 aromatic heterocycles. The zero-order valence-corrected chi connectivity index (χ0v) is 16.6. The number of ether oxygens (including phenoxy) is 2. The Morgan fingerprint density at radius 2 is 1.36 bits per heavy atom. The fraction of sp³-hybridized carbons (Fsp3) is 0.556. The Kier molecular flexibility index (Phi) is 7.59. The highest BCUT2D eigenvalue weighted by Gasteiger charge is 2.25. The molecule has 0 spiro atoms. The summed E-state index contributed by atoms with van der Waals surface area (Å²) in [7, 11) is 0. The molecular weight excluding hydrogens is 392 g/mol. The molecule has 0 aliphatic heterocycles. The maximum absolute atomic E-state index is 12.4. The maximum atomic E-state index is 12.4. The Morgan fingerprint density at radius 1 is 0.920 bits per heavy atom. The molecule has 0 aliphatic carbocycles. The van der Waals surface area contributed by atoms with Gasteiger partial charge < -0.3 is 19.7 Å². The predicted octanol–water partition coefficient (Wildman–Crippen LogP) is 2.80. The van der Waals surface area contributed by atoms with Gasteiger partial charge in [-0.3, -0.25) is 0 Å². The molecule has 0 aliphatic rings. The van der Waals surface area contributed by atoms with Crippen molar-refractivity contribution in [3.63, 3.8) is 0 Å². The normalized spacial score (nSPS) is 12.0. The molecule has 25 heavy (non-hydrogen) atoms. The summed E-state index contributed by atoms with van der Waals surface area (Å²) in [6, 6.07) is 4.59. The van der Waals surface area contributed by atoms with E-state index in [0.717, 1.165) is 0 Å². The van der Waals surface area contributed by atoms with E-state index in [4.69, 9.17) is 9.47 Å². The van der Waals surface area contributed by atoms with Crippen molar-refractivity contribution in [2.45, 2.75) is 27.7 Å². The highest BCUT2D eigenvalue weighted by Crippen LogP contribution is 2.22. The van der Waals surface area contributed by atoms with Crippen LogP contribution >= 0.6 is 15.9 Å². The second-order valence-corrected chi connectivity index (χ2v) is 8.40. The Balaban J connectivity index is 2.95. The summed E-state index contributed by atoms with van der Waals surface area (Å²) in [5, 5.41) is 18.5. The van der Waals surface area contributed by atoms with Crippen molar-refractivity contribution >= 4 is 27.9 Å². The van der Waals surface area contributed by atoms with Crippen LogP contribution < -0.4 is 0 Å². The number of aliphatic hydroxyl groups is 2. The molecule has 0 heterocycles. The molecule has 0 amide bonds. The first-order chi connectivity index (χ1) is 11.5. The van der Waals surface area contributed by atoms with Crippen molar-refractivity contribution in [2.24, 2.45) is 10.8 Å². The van der Waals surface area contributed by atoms with E-state index in [1.807, 2.05) is 0 Å². The molecule has 0 saturated carbocycles. The van der Waals surface area contributed by atoms with Crippen LogP contribution in [-0.2, 0) is 9.47 Å². The van der Waals surface area contributed by atoms with Crippen LogP contribution in [0.1, 0.15) is 48.4 Å². The van der Waals surface area contributed by atoms with Gasteiger partial charge >= 0.3 is 11.9 Å². The summed E-state index contributed by atoms with van der Waals surface area (Å²) < 4.78 is 11.1. The molecule has 0 saturated heterocycles. The molecule has 0 fully saturated rings. The van der Waals surface area contributed by atoms with Crippen LogP contribution in [0, 0.1) is 10.8 Å². The van der Waals surface area contributed by atoms with Crippen molar-refractivity contribution in [3.05, 3.63) is 33.8 Å². The summed E-state index contributed by atoms with van der Waals surface area (Å²) >= 11 is 3.27. The molecule has 140 valence electrons. The smallest absolute Gasteiger partial charge is 0.339 e. The summed E-state index contributed by atoms with van der Waals surface area (Å²) in [6.45, 7) is 6.80. The third-order valence-electron chi connectivity index (χ3n) is 3.47.